The number of anilines is 1. The van der Waals surface area contributed by atoms with E-state index in [-0.39, 0.29) is 12.4 Å². The van der Waals surface area contributed by atoms with Crippen LogP contribution in [0.5, 0.6) is 0 Å². The van der Waals surface area contributed by atoms with E-state index in [0.29, 0.717) is 75.5 Å². The Balaban J connectivity index is 1.72. The van der Waals surface area contributed by atoms with Crippen molar-refractivity contribution < 1.29 is 24.7 Å². The molecule has 2 amide bonds. The van der Waals surface area contributed by atoms with Crippen molar-refractivity contribution in [3.63, 3.8) is 0 Å². The van der Waals surface area contributed by atoms with E-state index >= 15 is 0 Å². The molecule has 0 spiro atoms. The van der Waals surface area contributed by atoms with Gasteiger partial charge in [0.1, 0.15) is 5.54 Å². The smallest absolute Gasteiger partial charge is 0.451 e. The number of nitrogens with zero attached hydrogens (tertiary/aromatic N) is 2. The molecule has 0 aromatic heterocycles. The van der Waals surface area contributed by atoms with Crippen molar-refractivity contribution >= 4 is 36.4 Å². The van der Waals surface area contributed by atoms with Crippen LogP contribution in [0.2, 0.25) is 11.3 Å². The van der Waals surface area contributed by atoms with Crippen LogP contribution in [0.4, 0.5) is 10.5 Å². The third kappa shape index (κ3) is 8.25. The van der Waals surface area contributed by atoms with Crippen LogP contribution < -0.4 is 11.1 Å². The van der Waals surface area contributed by atoms with E-state index in [4.69, 9.17) is 27.4 Å². The molecule has 11 heteroatoms. The van der Waals surface area contributed by atoms with E-state index in [1.165, 1.54) is 0 Å². The van der Waals surface area contributed by atoms with Crippen molar-refractivity contribution in [2.75, 3.05) is 38.0 Å². The number of carbonyl (C=O) groups excluding carboxylic acids is 1. The standard InChI is InChI=1S/C21H34BClN4O5/c1-16-15-17(5-6-18(16)23)25-20(30)27-13-11-26(12-14-27)10-4-8-21(24,19(28)29)7-2-3-9-22(31)32/h5-6,15,31-32H,2-4,7-14,24H2,1H3,(H,25,30)(H,28,29). The lowest BCUT2D eigenvalue weighted by Crippen LogP contribution is -2.51. The summed E-state index contributed by atoms with van der Waals surface area (Å²) < 4.78 is 0. The summed E-state index contributed by atoms with van der Waals surface area (Å²) in [5.41, 5.74) is 6.42. The molecular formula is C21H34BClN4O5. The predicted octanol–water partition coefficient (Wildman–Crippen LogP) is 2.00. The van der Waals surface area contributed by atoms with E-state index in [2.05, 4.69) is 10.2 Å². The molecule has 1 aromatic rings. The Labute approximate surface area is 194 Å². The Morgan fingerprint density at radius 2 is 1.81 bits per heavy atom. The first-order valence-electron chi connectivity index (χ1n) is 11.0. The topological polar surface area (TPSA) is 139 Å². The summed E-state index contributed by atoms with van der Waals surface area (Å²) in [6.45, 7) is 5.21. The number of benzene rings is 1. The molecule has 9 nitrogen and oxygen atoms in total. The number of carboxylic acid groups (broad SMARTS) is 1. The normalized spacial score (nSPS) is 16.5. The molecule has 1 aliphatic heterocycles. The molecular weight excluding hydrogens is 435 g/mol. The van der Waals surface area contributed by atoms with Crippen LogP contribution >= 0.6 is 11.6 Å². The lowest BCUT2D eigenvalue weighted by atomic mass is 9.81. The highest BCUT2D eigenvalue weighted by Gasteiger charge is 2.33. The second kappa shape index (κ2) is 12.4. The number of hydrogen-bond acceptors (Lipinski definition) is 6. The molecule has 0 saturated carbocycles. The first kappa shape index (κ1) is 26.4. The van der Waals surface area contributed by atoms with Gasteiger partial charge in [-0.05, 0) is 62.8 Å². The van der Waals surface area contributed by atoms with Gasteiger partial charge in [-0.1, -0.05) is 24.4 Å². The van der Waals surface area contributed by atoms with E-state index < -0.39 is 18.6 Å². The summed E-state index contributed by atoms with van der Waals surface area (Å²) >= 11 is 6.02. The van der Waals surface area contributed by atoms with Gasteiger partial charge in [-0.2, -0.15) is 0 Å². The molecule has 1 unspecified atom stereocenters. The fourth-order valence-corrected chi connectivity index (χ4v) is 3.94. The minimum absolute atomic E-state index is 0.147. The number of carbonyl (C=O) groups is 2. The molecule has 32 heavy (non-hydrogen) atoms. The van der Waals surface area contributed by atoms with Gasteiger partial charge in [0, 0.05) is 36.9 Å². The number of halogens is 1. The van der Waals surface area contributed by atoms with E-state index in [0.717, 1.165) is 5.56 Å². The number of amides is 2. The van der Waals surface area contributed by atoms with Crippen molar-refractivity contribution in [3.05, 3.63) is 28.8 Å². The van der Waals surface area contributed by atoms with Gasteiger partial charge in [0.2, 0.25) is 0 Å². The molecule has 0 aliphatic carbocycles. The highest BCUT2D eigenvalue weighted by Crippen LogP contribution is 2.21. The van der Waals surface area contributed by atoms with Crippen molar-refractivity contribution in [1.82, 2.24) is 9.80 Å². The Bertz CT molecular complexity index is 777. The van der Waals surface area contributed by atoms with Crippen LogP contribution in [0.25, 0.3) is 0 Å². The Hall–Kier alpha value is -1.85. The maximum absolute atomic E-state index is 12.5. The van der Waals surface area contributed by atoms with E-state index in [9.17, 15) is 14.7 Å². The first-order valence-corrected chi connectivity index (χ1v) is 11.4. The first-order chi connectivity index (χ1) is 15.1. The molecule has 1 heterocycles. The third-order valence-electron chi connectivity index (χ3n) is 5.93. The minimum Gasteiger partial charge on any atom is -0.480 e. The van der Waals surface area contributed by atoms with Gasteiger partial charge in [0.25, 0.3) is 0 Å². The number of hydrogen-bond donors (Lipinski definition) is 5. The number of nitrogens with two attached hydrogens (primary N) is 1. The molecule has 1 fully saturated rings. The monoisotopic (exact) mass is 468 g/mol. The molecule has 0 radical (unpaired) electrons. The molecule has 1 aromatic carbocycles. The lowest BCUT2D eigenvalue weighted by molar-refractivity contribution is -0.144. The zero-order valence-corrected chi connectivity index (χ0v) is 19.4. The summed E-state index contributed by atoms with van der Waals surface area (Å²) in [6.07, 6.45) is 2.55. The number of aryl methyl sites for hydroxylation is 1. The Morgan fingerprint density at radius 1 is 1.16 bits per heavy atom. The Morgan fingerprint density at radius 3 is 2.41 bits per heavy atom. The van der Waals surface area contributed by atoms with Crippen LogP contribution in [0.1, 0.15) is 37.7 Å². The highest BCUT2D eigenvalue weighted by atomic mass is 35.5. The molecule has 1 saturated heterocycles. The third-order valence-corrected chi connectivity index (χ3v) is 6.35. The zero-order valence-electron chi connectivity index (χ0n) is 18.6. The fraction of sp³-hybridized carbons (Fsp3) is 0.619. The second-order valence-electron chi connectivity index (χ2n) is 8.51. The molecule has 1 atom stereocenters. The molecule has 2 rings (SSSR count). The fourth-order valence-electron chi connectivity index (χ4n) is 3.82. The highest BCUT2D eigenvalue weighted by molar-refractivity contribution is 6.40. The quantitative estimate of drug-likeness (QED) is 0.247. The second-order valence-corrected chi connectivity index (χ2v) is 8.92. The summed E-state index contributed by atoms with van der Waals surface area (Å²) in [4.78, 5) is 28.1. The van der Waals surface area contributed by atoms with Gasteiger partial charge in [0.15, 0.2) is 0 Å². The van der Waals surface area contributed by atoms with Crippen molar-refractivity contribution in [3.8, 4) is 0 Å². The van der Waals surface area contributed by atoms with Gasteiger partial charge in [-0.25, -0.2) is 4.79 Å². The van der Waals surface area contributed by atoms with Crippen LogP contribution in [-0.2, 0) is 4.79 Å². The van der Waals surface area contributed by atoms with Gasteiger partial charge in [-0.15, -0.1) is 0 Å². The van der Waals surface area contributed by atoms with Crippen molar-refractivity contribution in [2.45, 2.75) is 50.9 Å². The SMILES string of the molecule is Cc1cc(NC(=O)N2CCN(CCCC(N)(CCCCB(O)O)C(=O)O)CC2)ccc1Cl. The van der Waals surface area contributed by atoms with Gasteiger partial charge in [0.05, 0.1) is 0 Å². The largest absolute Gasteiger partial charge is 0.480 e. The van der Waals surface area contributed by atoms with Crippen molar-refractivity contribution in [1.29, 1.82) is 0 Å². The number of carboxylic acids is 1. The summed E-state index contributed by atoms with van der Waals surface area (Å²) in [5.74, 6) is -1.03. The number of urea groups is 1. The Kier molecular flexibility index (Phi) is 10.2. The van der Waals surface area contributed by atoms with Crippen LogP contribution in [0, 0.1) is 6.92 Å². The number of unbranched alkanes of at least 4 members (excludes halogenated alkanes) is 1. The molecule has 6 N–H and O–H groups in total. The molecule has 178 valence electrons. The zero-order chi connectivity index (χ0) is 23.7. The number of rotatable bonds is 11. The average Bonchev–Trinajstić information content (AvgIpc) is 2.74. The minimum atomic E-state index is -1.37. The van der Waals surface area contributed by atoms with E-state index in [1.54, 1.807) is 17.0 Å². The van der Waals surface area contributed by atoms with E-state index in [1.807, 2.05) is 13.0 Å². The summed E-state index contributed by atoms with van der Waals surface area (Å²) in [6, 6.07) is 5.22. The number of nitrogens with one attached hydrogen (secondary N) is 1. The predicted molar refractivity (Wildman–Crippen MR) is 126 cm³/mol. The number of piperazine rings is 1. The van der Waals surface area contributed by atoms with Gasteiger partial charge >= 0.3 is 19.1 Å². The van der Waals surface area contributed by atoms with Crippen LogP contribution in [-0.4, -0.2) is 82.3 Å². The number of aliphatic carboxylic acids is 1. The average molecular weight is 469 g/mol. The summed E-state index contributed by atoms with van der Waals surface area (Å²) in [5, 5.41) is 30.9. The lowest BCUT2D eigenvalue weighted by Gasteiger charge is -2.35. The van der Waals surface area contributed by atoms with Crippen molar-refractivity contribution in [2.24, 2.45) is 5.73 Å². The summed E-state index contributed by atoms with van der Waals surface area (Å²) in [7, 11) is -1.37. The molecule has 1 aliphatic rings. The van der Waals surface area contributed by atoms with Gasteiger partial charge < -0.3 is 31.1 Å². The maximum atomic E-state index is 12.5. The van der Waals surface area contributed by atoms with Gasteiger partial charge in [-0.3, -0.25) is 9.69 Å². The maximum Gasteiger partial charge on any atom is 0.451 e. The van der Waals surface area contributed by atoms with Crippen LogP contribution in [0.15, 0.2) is 18.2 Å². The molecule has 0 bridgehead atoms. The van der Waals surface area contributed by atoms with Crippen LogP contribution in [0.3, 0.4) is 0 Å².